The van der Waals surface area contributed by atoms with Crippen molar-refractivity contribution in [3.63, 3.8) is 0 Å². The van der Waals surface area contributed by atoms with Gasteiger partial charge < -0.3 is 4.74 Å². The third-order valence-electron chi connectivity index (χ3n) is 2.74. The van der Waals surface area contributed by atoms with Crippen LogP contribution in [0.25, 0.3) is 0 Å². The first kappa shape index (κ1) is 11.6. The molecule has 0 fully saturated rings. The standard InChI is InChI=1S/C11H14O4S/c12-16(13,14)8-7-15-11-6-5-9-3-1-2-4-10(9)11/h1-4,11H,5-8H2,(H,12,13,14). The highest BCUT2D eigenvalue weighted by molar-refractivity contribution is 7.85. The van der Waals surface area contributed by atoms with Gasteiger partial charge in [0.25, 0.3) is 10.1 Å². The Kier molecular flexibility index (Phi) is 3.28. The van der Waals surface area contributed by atoms with Gasteiger partial charge in [0.15, 0.2) is 0 Å². The molecule has 1 aliphatic rings. The third kappa shape index (κ3) is 2.81. The molecule has 0 aliphatic heterocycles. The Balaban J connectivity index is 1.94. The van der Waals surface area contributed by atoms with Crippen molar-refractivity contribution >= 4 is 10.1 Å². The molecule has 1 aromatic rings. The third-order valence-corrected chi connectivity index (χ3v) is 3.42. The van der Waals surface area contributed by atoms with E-state index in [0.717, 1.165) is 18.4 Å². The van der Waals surface area contributed by atoms with Crippen LogP contribution in [0.3, 0.4) is 0 Å². The Hall–Kier alpha value is -0.910. The second-order valence-electron chi connectivity index (χ2n) is 3.88. The van der Waals surface area contributed by atoms with Gasteiger partial charge in [0.1, 0.15) is 0 Å². The van der Waals surface area contributed by atoms with Gasteiger partial charge in [0.2, 0.25) is 0 Å². The van der Waals surface area contributed by atoms with E-state index in [9.17, 15) is 8.42 Å². The van der Waals surface area contributed by atoms with Crippen molar-refractivity contribution in [3.8, 4) is 0 Å². The van der Waals surface area contributed by atoms with Gasteiger partial charge in [-0.05, 0) is 24.0 Å². The minimum Gasteiger partial charge on any atom is -0.372 e. The number of rotatable bonds is 4. The lowest BCUT2D eigenvalue weighted by Crippen LogP contribution is -2.12. The van der Waals surface area contributed by atoms with Gasteiger partial charge in [0, 0.05) is 0 Å². The zero-order valence-electron chi connectivity index (χ0n) is 8.80. The minimum absolute atomic E-state index is 0.0297. The molecule has 1 aliphatic carbocycles. The Morgan fingerprint density at radius 1 is 1.38 bits per heavy atom. The first-order valence-electron chi connectivity index (χ1n) is 5.21. The summed E-state index contributed by atoms with van der Waals surface area (Å²) in [4.78, 5) is 0. The summed E-state index contributed by atoms with van der Waals surface area (Å²) in [7, 11) is -3.92. The van der Waals surface area contributed by atoms with Crippen LogP contribution in [0.1, 0.15) is 23.7 Å². The number of ether oxygens (including phenoxy) is 1. The molecule has 0 bridgehead atoms. The average Bonchev–Trinajstić information content (AvgIpc) is 2.60. The van der Waals surface area contributed by atoms with E-state index in [0.29, 0.717) is 0 Å². The van der Waals surface area contributed by atoms with Crippen molar-refractivity contribution in [2.24, 2.45) is 0 Å². The van der Waals surface area contributed by atoms with E-state index in [4.69, 9.17) is 9.29 Å². The van der Waals surface area contributed by atoms with Gasteiger partial charge in [-0.15, -0.1) is 0 Å². The largest absolute Gasteiger partial charge is 0.372 e. The topological polar surface area (TPSA) is 63.6 Å². The molecule has 1 aromatic carbocycles. The van der Waals surface area contributed by atoms with E-state index in [1.807, 2.05) is 18.2 Å². The summed E-state index contributed by atoms with van der Waals surface area (Å²) in [6.45, 7) is 0.0395. The molecule has 1 atom stereocenters. The highest BCUT2D eigenvalue weighted by atomic mass is 32.2. The van der Waals surface area contributed by atoms with Crippen molar-refractivity contribution in [2.75, 3.05) is 12.4 Å². The maximum Gasteiger partial charge on any atom is 0.267 e. The Morgan fingerprint density at radius 3 is 2.88 bits per heavy atom. The normalized spacial score (nSPS) is 19.7. The van der Waals surface area contributed by atoms with Crippen LogP contribution in [-0.4, -0.2) is 25.3 Å². The first-order valence-corrected chi connectivity index (χ1v) is 6.82. The van der Waals surface area contributed by atoms with Crippen LogP contribution in [0.2, 0.25) is 0 Å². The highest BCUT2D eigenvalue weighted by Crippen LogP contribution is 2.33. The molecule has 4 nitrogen and oxygen atoms in total. The summed E-state index contributed by atoms with van der Waals surface area (Å²) in [5.41, 5.74) is 2.40. The second kappa shape index (κ2) is 4.53. The predicted octanol–water partition coefficient (Wildman–Crippen LogP) is 1.58. The molecule has 0 saturated heterocycles. The van der Waals surface area contributed by atoms with E-state index in [1.54, 1.807) is 0 Å². The first-order chi connectivity index (χ1) is 7.56. The van der Waals surface area contributed by atoms with Crippen molar-refractivity contribution in [1.82, 2.24) is 0 Å². The lowest BCUT2D eigenvalue weighted by molar-refractivity contribution is 0.0647. The van der Waals surface area contributed by atoms with Crippen molar-refractivity contribution in [2.45, 2.75) is 18.9 Å². The summed E-state index contributed by atoms with van der Waals surface area (Å²) < 4.78 is 35.1. The smallest absolute Gasteiger partial charge is 0.267 e. The molecule has 2 rings (SSSR count). The van der Waals surface area contributed by atoms with Crippen LogP contribution in [-0.2, 0) is 21.3 Å². The quantitative estimate of drug-likeness (QED) is 0.814. The molecule has 88 valence electrons. The summed E-state index contributed by atoms with van der Waals surface area (Å²) in [5, 5.41) is 0. The van der Waals surface area contributed by atoms with Crippen molar-refractivity contribution < 1.29 is 17.7 Å². The summed E-state index contributed by atoms with van der Waals surface area (Å²) in [5.74, 6) is -0.342. The fourth-order valence-electron chi connectivity index (χ4n) is 1.99. The summed E-state index contributed by atoms with van der Waals surface area (Å²) in [6, 6.07) is 7.99. The predicted molar refractivity (Wildman–Crippen MR) is 59.9 cm³/mol. The number of hydrogen-bond acceptors (Lipinski definition) is 3. The van der Waals surface area contributed by atoms with Gasteiger partial charge >= 0.3 is 0 Å². The van der Waals surface area contributed by atoms with Crippen LogP contribution < -0.4 is 0 Å². The SMILES string of the molecule is O=S(=O)(O)CCOC1CCc2ccccc21. The van der Waals surface area contributed by atoms with Crippen LogP contribution in [0.4, 0.5) is 0 Å². The number of aryl methyl sites for hydroxylation is 1. The molecule has 16 heavy (non-hydrogen) atoms. The number of hydrogen-bond donors (Lipinski definition) is 1. The molecule has 1 unspecified atom stereocenters. The maximum absolute atomic E-state index is 10.5. The van der Waals surface area contributed by atoms with E-state index >= 15 is 0 Å². The van der Waals surface area contributed by atoms with Gasteiger partial charge in [-0.3, -0.25) is 4.55 Å². The molecule has 0 aromatic heterocycles. The molecule has 0 heterocycles. The lowest BCUT2D eigenvalue weighted by atomic mass is 10.1. The van der Waals surface area contributed by atoms with Crippen LogP contribution in [0.15, 0.2) is 24.3 Å². The monoisotopic (exact) mass is 242 g/mol. The Bertz CT molecular complexity index is 467. The van der Waals surface area contributed by atoms with E-state index in [2.05, 4.69) is 6.07 Å². The minimum atomic E-state index is -3.92. The fourth-order valence-corrected chi connectivity index (χ4v) is 2.29. The lowest BCUT2D eigenvalue weighted by Gasteiger charge is -2.12. The zero-order chi connectivity index (χ0) is 11.6. The summed E-state index contributed by atoms with van der Waals surface area (Å²) >= 11 is 0. The molecular formula is C11H14O4S. The van der Waals surface area contributed by atoms with E-state index in [1.165, 1.54) is 5.56 Å². The van der Waals surface area contributed by atoms with Gasteiger partial charge in [0.05, 0.1) is 18.5 Å². The highest BCUT2D eigenvalue weighted by Gasteiger charge is 2.22. The van der Waals surface area contributed by atoms with Crippen LogP contribution in [0, 0.1) is 0 Å². The Morgan fingerprint density at radius 2 is 2.12 bits per heavy atom. The van der Waals surface area contributed by atoms with E-state index in [-0.39, 0.29) is 18.5 Å². The van der Waals surface area contributed by atoms with Gasteiger partial charge in [-0.1, -0.05) is 24.3 Å². The number of fused-ring (bicyclic) bond motifs is 1. The zero-order valence-corrected chi connectivity index (χ0v) is 9.61. The van der Waals surface area contributed by atoms with Gasteiger partial charge in [-0.25, -0.2) is 0 Å². The van der Waals surface area contributed by atoms with Crippen molar-refractivity contribution in [1.29, 1.82) is 0 Å². The molecule has 0 amide bonds. The van der Waals surface area contributed by atoms with Crippen LogP contribution >= 0.6 is 0 Å². The van der Waals surface area contributed by atoms with Crippen molar-refractivity contribution in [3.05, 3.63) is 35.4 Å². The van der Waals surface area contributed by atoms with Gasteiger partial charge in [-0.2, -0.15) is 8.42 Å². The van der Waals surface area contributed by atoms with Crippen LogP contribution in [0.5, 0.6) is 0 Å². The second-order valence-corrected chi connectivity index (χ2v) is 5.46. The molecule has 0 saturated carbocycles. The van der Waals surface area contributed by atoms with E-state index < -0.39 is 10.1 Å². The summed E-state index contributed by atoms with van der Waals surface area (Å²) in [6.07, 6.45) is 1.82. The molecule has 0 radical (unpaired) electrons. The Labute approximate surface area is 95.0 Å². The average molecular weight is 242 g/mol. The molecule has 0 spiro atoms. The molecule has 1 N–H and O–H groups in total. The number of benzene rings is 1. The fraction of sp³-hybridized carbons (Fsp3) is 0.455. The maximum atomic E-state index is 10.5. The molecular weight excluding hydrogens is 228 g/mol. The molecule has 5 heteroatoms.